The number of carbonyl (C=O) groups is 2. The Morgan fingerprint density at radius 1 is 1.47 bits per heavy atom. The van der Waals surface area contributed by atoms with Crippen LogP contribution in [0, 0.1) is 0 Å². The van der Waals surface area contributed by atoms with Crippen molar-refractivity contribution in [2.45, 2.75) is 0 Å². The van der Waals surface area contributed by atoms with Gasteiger partial charge in [-0.25, -0.2) is 4.79 Å². The maximum absolute atomic E-state index is 10.4. The summed E-state index contributed by atoms with van der Waals surface area (Å²) in [4.78, 5) is 26.3. The minimum absolute atomic E-state index is 0.435. The van der Waals surface area contributed by atoms with E-state index in [2.05, 4.69) is 4.98 Å². The summed E-state index contributed by atoms with van der Waals surface area (Å²) < 4.78 is 0. The molecule has 0 saturated carbocycles. The van der Waals surface area contributed by atoms with Crippen LogP contribution in [-0.2, 0) is 4.79 Å². The van der Waals surface area contributed by atoms with Gasteiger partial charge in [0.25, 0.3) is 0 Å². The third-order valence-corrected chi connectivity index (χ3v) is 2.28. The lowest BCUT2D eigenvalue weighted by atomic mass is 10.2. The normalized spacial score (nSPS) is 13.1. The van der Waals surface area contributed by atoms with Gasteiger partial charge in [0.1, 0.15) is 0 Å². The van der Waals surface area contributed by atoms with E-state index < -0.39 is 11.9 Å². The summed E-state index contributed by atoms with van der Waals surface area (Å²) in [6, 6.07) is 3.29. The van der Waals surface area contributed by atoms with Gasteiger partial charge in [0.05, 0.1) is 11.1 Å². The molecular weight excluding hydrogens is 246 g/mol. The van der Waals surface area contributed by atoms with Crippen LogP contribution in [0.2, 0.25) is 0 Å². The van der Waals surface area contributed by atoms with Crippen LogP contribution in [0.5, 0.6) is 0 Å². The van der Waals surface area contributed by atoms with Crippen molar-refractivity contribution in [3.8, 4) is 0 Å². The zero-order chi connectivity index (χ0) is 14.3. The number of aliphatic carboxylic acids is 1. The molecule has 1 aliphatic rings. The van der Waals surface area contributed by atoms with Gasteiger partial charge < -0.3 is 15.7 Å². The van der Waals surface area contributed by atoms with Gasteiger partial charge in [-0.2, -0.15) is 0 Å². The van der Waals surface area contributed by atoms with Crippen LogP contribution in [0.15, 0.2) is 48.5 Å². The van der Waals surface area contributed by atoms with Crippen molar-refractivity contribution in [2.24, 2.45) is 5.73 Å². The quantitative estimate of drug-likeness (QED) is 0.814. The summed E-state index contributed by atoms with van der Waals surface area (Å²) in [5, 5.41) is 8.53. The van der Waals surface area contributed by atoms with Crippen molar-refractivity contribution in [1.82, 2.24) is 9.88 Å². The van der Waals surface area contributed by atoms with E-state index in [-0.39, 0.29) is 0 Å². The zero-order valence-corrected chi connectivity index (χ0v) is 10.5. The first-order valence-electron chi connectivity index (χ1n) is 5.51. The molecule has 0 bridgehead atoms. The number of aromatic nitrogens is 1. The number of allylic oxidation sites excluding steroid dienone is 2. The molecule has 6 nitrogen and oxygen atoms in total. The Morgan fingerprint density at radius 2 is 2.21 bits per heavy atom. The van der Waals surface area contributed by atoms with Crippen LogP contribution >= 0.6 is 0 Å². The Kier molecular flexibility index (Phi) is 5.28. The standard InChI is InChI=1S/C7H9NO2.C6H6N2O/c1-8-4-2-3-6(5-8)7(9)10;7-6(9)5-2-1-3-8-4-5/h2-4H,5H2,1H3,(H,9,10);1-4H,(H2,7,9). The van der Waals surface area contributed by atoms with Gasteiger partial charge in [0, 0.05) is 26.0 Å². The van der Waals surface area contributed by atoms with Crippen molar-refractivity contribution in [3.05, 3.63) is 54.0 Å². The zero-order valence-electron chi connectivity index (χ0n) is 10.5. The maximum Gasteiger partial charge on any atom is 0.333 e. The smallest absolute Gasteiger partial charge is 0.333 e. The van der Waals surface area contributed by atoms with E-state index in [1.54, 1.807) is 30.5 Å². The third kappa shape index (κ3) is 5.03. The molecule has 100 valence electrons. The molecule has 0 unspecified atom stereocenters. The first-order valence-corrected chi connectivity index (χ1v) is 5.51. The number of pyridine rings is 1. The Labute approximate surface area is 110 Å². The Balaban J connectivity index is 0.000000191. The Hall–Kier alpha value is -2.63. The SMILES string of the molecule is CN1C=CC=C(C(=O)O)C1.NC(=O)c1cccnc1. The fourth-order valence-electron chi connectivity index (χ4n) is 1.33. The number of primary amides is 1. The lowest BCUT2D eigenvalue weighted by molar-refractivity contribution is -0.132. The van der Waals surface area contributed by atoms with Crippen LogP contribution in [0.1, 0.15) is 10.4 Å². The van der Waals surface area contributed by atoms with Gasteiger partial charge in [-0.15, -0.1) is 0 Å². The molecule has 2 rings (SSSR count). The molecule has 0 aromatic carbocycles. The molecule has 3 N–H and O–H groups in total. The number of hydrogen-bond donors (Lipinski definition) is 2. The summed E-state index contributed by atoms with van der Waals surface area (Å²) in [6.45, 7) is 0.492. The highest BCUT2D eigenvalue weighted by Gasteiger charge is 2.09. The molecule has 0 fully saturated rings. The highest BCUT2D eigenvalue weighted by Crippen LogP contribution is 2.04. The van der Waals surface area contributed by atoms with E-state index in [0.29, 0.717) is 17.7 Å². The summed E-state index contributed by atoms with van der Waals surface area (Å²) in [5.74, 6) is -1.28. The molecule has 0 radical (unpaired) electrons. The molecular formula is C13H15N3O3. The minimum atomic E-state index is -0.837. The predicted octanol–water partition coefficient (Wildman–Crippen LogP) is 0.637. The van der Waals surface area contributed by atoms with Crippen molar-refractivity contribution >= 4 is 11.9 Å². The average Bonchev–Trinajstić information content (AvgIpc) is 2.40. The largest absolute Gasteiger partial charge is 0.478 e. The lowest BCUT2D eigenvalue weighted by Gasteiger charge is -2.16. The predicted molar refractivity (Wildman–Crippen MR) is 70.2 cm³/mol. The van der Waals surface area contributed by atoms with E-state index in [1.807, 2.05) is 18.1 Å². The van der Waals surface area contributed by atoms with Crippen LogP contribution < -0.4 is 5.73 Å². The molecule has 1 amide bonds. The van der Waals surface area contributed by atoms with Crippen molar-refractivity contribution < 1.29 is 14.7 Å². The molecule has 6 heteroatoms. The number of nitrogens with zero attached hydrogens (tertiary/aromatic N) is 2. The molecule has 0 saturated heterocycles. The van der Waals surface area contributed by atoms with Crippen LogP contribution in [0.4, 0.5) is 0 Å². The maximum atomic E-state index is 10.4. The summed E-state index contributed by atoms with van der Waals surface area (Å²) in [6.07, 6.45) is 8.20. The molecule has 0 atom stereocenters. The van der Waals surface area contributed by atoms with Gasteiger partial charge in [-0.05, 0) is 30.5 Å². The molecule has 1 aromatic heterocycles. The highest BCUT2D eigenvalue weighted by atomic mass is 16.4. The minimum Gasteiger partial charge on any atom is -0.478 e. The number of carboxylic acid groups (broad SMARTS) is 1. The monoisotopic (exact) mass is 261 g/mol. The van der Waals surface area contributed by atoms with Crippen molar-refractivity contribution in [1.29, 1.82) is 0 Å². The van der Waals surface area contributed by atoms with Crippen molar-refractivity contribution in [2.75, 3.05) is 13.6 Å². The molecule has 2 heterocycles. The molecule has 0 spiro atoms. The molecule has 19 heavy (non-hydrogen) atoms. The first-order chi connectivity index (χ1) is 9.00. The number of carboxylic acids is 1. The topological polar surface area (TPSA) is 96.5 Å². The second-order valence-electron chi connectivity index (χ2n) is 3.86. The fraction of sp³-hybridized carbons (Fsp3) is 0.154. The third-order valence-electron chi connectivity index (χ3n) is 2.28. The molecule has 1 aliphatic heterocycles. The van der Waals surface area contributed by atoms with E-state index in [4.69, 9.17) is 10.8 Å². The lowest BCUT2D eigenvalue weighted by Crippen LogP contribution is -2.20. The molecule has 0 aliphatic carbocycles. The number of amides is 1. The van der Waals surface area contributed by atoms with Gasteiger partial charge >= 0.3 is 5.97 Å². The van der Waals surface area contributed by atoms with E-state index in [0.717, 1.165) is 0 Å². The second kappa shape index (κ2) is 6.95. The summed E-state index contributed by atoms with van der Waals surface area (Å²) in [7, 11) is 1.84. The summed E-state index contributed by atoms with van der Waals surface area (Å²) in [5.41, 5.74) is 5.81. The highest BCUT2D eigenvalue weighted by molar-refractivity contribution is 5.92. The van der Waals surface area contributed by atoms with Gasteiger partial charge in [-0.1, -0.05) is 0 Å². The van der Waals surface area contributed by atoms with E-state index >= 15 is 0 Å². The average molecular weight is 261 g/mol. The van der Waals surface area contributed by atoms with E-state index in [1.165, 1.54) is 6.20 Å². The van der Waals surface area contributed by atoms with Crippen LogP contribution in [-0.4, -0.2) is 40.5 Å². The summed E-state index contributed by atoms with van der Waals surface area (Å²) >= 11 is 0. The second-order valence-corrected chi connectivity index (χ2v) is 3.86. The number of rotatable bonds is 2. The van der Waals surface area contributed by atoms with Gasteiger partial charge in [-0.3, -0.25) is 9.78 Å². The van der Waals surface area contributed by atoms with Crippen molar-refractivity contribution in [3.63, 3.8) is 0 Å². The van der Waals surface area contributed by atoms with Crippen LogP contribution in [0.25, 0.3) is 0 Å². The van der Waals surface area contributed by atoms with Gasteiger partial charge in [0.15, 0.2) is 0 Å². The Morgan fingerprint density at radius 3 is 2.58 bits per heavy atom. The molecule has 1 aromatic rings. The van der Waals surface area contributed by atoms with Crippen LogP contribution in [0.3, 0.4) is 0 Å². The number of hydrogen-bond acceptors (Lipinski definition) is 4. The first kappa shape index (κ1) is 14.4. The Bertz CT molecular complexity index is 509. The van der Waals surface area contributed by atoms with Gasteiger partial charge in [0.2, 0.25) is 5.91 Å². The number of carbonyl (C=O) groups excluding carboxylic acids is 1. The van der Waals surface area contributed by atoms with E-state index in [9.17, 15) is 9.59 Å². The number of nitrogens with two attached hydrogens (primary N) is 1. The number of likely N-dealkylation sites (N-methyl/N-ethyl adjacent to an activating group) is 1. The fourth-order valence-corrected chi connectivity index (χ4v) is 1.33.